The first-order chi connectivity index (χ1) is 8.11. The van der Waals surface area contributed by atoms with Gasteiger partial charge in [0.05, 0.1) is 0 Å². The minimum atomic E-state index is -0.0617. The summed E-state index contributed by atoms with van der Waals surface area (Å²) in [6, 6.07) is 7.65. The van der Waals surface area contributed by atoms with Crippen LogP contribution in [0.2, 0.25) is 0 Å². The Morgan fingerprint density at radius 2 is 2.29 bits per heavy atom. The minimum Gasteiger partial charge on any atom is -0.399 e. The molecule has 0 bridgehead atoms. The molecule has 1 rings (SSSR count). The first-order valence-corrected chi connectivity index (χ1v) is 5.96. The Bertz CT molecular complexity index is 399. The molecule has 92 valence electrons. The third-order valence-electron chi connectivity index (χ3n) is 2.45. The second-order valence-electron chi connectivity index (χ2n) is 4.20. The van der Waals surface area contributed by atoms with Gasteiger partial charge in [0.2, 0.25) is 5.91 Å². The smallest absolute Gasteiger partial charge is 0.244 e. The maximum Gasteiger partial charge on any atom is 0.244 e. The minimum absolute atomic E-state index is 0.0617. The standard InChI is InChI=1S/C14H20N2O/c1-3-5-11(2)16-14(17)9-8-12-6-4-7-13(15)10-12/h4,6-11H,3,5,15H2,1-2H3,(H,16,17)/b9-8+. The molecule has 17 heavy (non-hydrogen) atoms. The Hall–Kier alpha value is -1.77. The third-order valence-corrected chi connectivity index (χ3v) is 2.45. The molecule has 1 amide bonds. The Morgan fingerprint density at radius 1 is 1.53 bits per heavy atom. The lowest BCUT2D eigenvalue weighted by molar-refractivity contribution is -0.117. The number of hydrogen-bond donors (Lipinski definition) is 2. The molecule has 1 aromatic carbocycles. The van der Waals surface area contributed by atoms with Crippen molar-refractivity contribution in [3.05, 3.63) is 35.9 Å². The largest absolute Gasteiger partial charge is 0.399 e. The van der Waals surface area contributed by atoms with Crippen molar-refractivity contribution in [2.24, 2.45) is 0 Å². The maximum atomic E-state index is 11.6. The first kappa shape index (κ1) is 13.3. The molecular formula is C14H20N2O. The lowest BCUT2D eigenvalue weighted by Gasteiger charge is -2.10. The molecule has 3 N–H and O–H groups in total. The van der Waals surface area contributed by atoms with E-state index in [9.17, 15) is 4.79 Å². The fourth-order valence-corrected chi connectivity index (χ4v) is 1.63. The van der Waals surface area contributed by atoms with E-state index < -0.39 is 0 Å². The molecule has 0 aromatic heterocycles. The summed E-state index contributed by atoms with van der Waals surface area (Å²) in [7, 11) is 0. The monoisotopic (exact) mass is 232 g/mol. The van der Waals surface area contributed by atoms with Crippen molar-refractivity contribution in [2.75, 3.05) is 5.73 Å². The summed E-state index contributed by atoms with van der Waals surface area (Å²) in [4.78, 5) is 11.6. The van der Waals surface area contributed by atoms with Crippen molar-refractivity contribution >= 4 is 17.7 Å². The topological polar surface area (TPSA) is 55.1 Å². The molecule has 0 heterocycles. The lowest BCUT2D eigenvalue weighted by atomic mass is 10.2. The van der Waals surface area contributed by atoms with Crippen LogP contribution in [0.25, 0.3) is 6.08 Å². The fraction of sp³-hybridized carbons (Fsp3) is 0.357. The number of benzene rings is 1. The van der Waals surface area contributed by atoms with Crippen LogP contribution in [0.3, 0.4) is 0 Å². The van der Waals surface area contributed by atoms with E-state index in [1.165, 1.54) is 0 Å². The van der Waals surface area contributed by atoms with Crippen LogP contribution < -0.4 is 11.1 Å². The Balaban J connectivity index is 2.51. The number of amides is 1. The van der Waals surface area contributed by atoms with Gasteiger partial charge >= 0.3 is 0 Å². The predicted octanol–water partition coefficient (Wildman–Crippen LogP) is 2.59. The van der Waals surface area contributed by atoms with Gasteiger partial charge in [-0.05, 0) is 37.1 Å². The number of carbonyl (C=O) groups is 1. The summed E-state index contributed by atoms with van der Waals surface area (Å²) in [6.45, 7) is 4.11. The van der Waals surface area contributed by atoms with E-state index in [-0.39, 0.29) is 11.9 Å². The molecular weight excluding hydrogens is 212 g/mol. The Morgan fingerprint density at radius 3 is 2.94 bits per heavy atom. The van der Waals surface area contributed by atoms with E-state index >= 15 is 0 Å². The highest BCUT2D eigenvalue weighted by atomic mass is 16.1. The number of rotatable bonds is 5. The lowest BCUT2D eigenvalue weighted by Crippen LogP contribution is -2.30. The Kier molecular flexibility index (Phi) is 5.27. The average molecular weight is 232 g/mol. The molecule has 0 aliphatic heterocycles. The van der Waals surface area contributed by atoms with E-state index in [1.54, 1.807) is 12.2 Å². The summed E-state index contributed by atoms with van der Waals surface area (Å²) in [5.41, 5.74) is 7.29. The fourth-order valence-electron chi connectivity index (χ4n) is 1.63. The van der Waals surface area contributed by atoms with Crippen molar-refractivity contribution in [1.29, 1.82) is 0 Å². The number of nitrogens with one attached hydrogen (secondary N) is 1. The number of nitrogens with two attached hydrogens (primary N) is 1. The highest BCUT2D eigenvalue weighted by Crippen LogP contribution is 2.07. The molecule has 0 spiro atoms. The van der Waals surface area contributed by atoms with Crippen molar-refractivity contribution < 1.29 is 4.79 Å². The quantitative estimate of drug-likeness (QED) is 0.605. The molecule has 0 aliphatic carbocycles. The van der Waals surface area contributed by atoms with Gasteiger partial charge in [0, 0.05) is 17.8 Å². The zero-order chi connectivity index (χ0) is 12.7. The number of anilines is 1. The molecule has 1 aromatic rings. The normalized spacial score (nSPS) is 12.6. The van der Waals surface area contributed by atoms with Crippen molar-refractivity contribution in [2.45, 2.75) is 32.7 Å². The van der Waals surface area contributed by atoms with Crippen LogP contribution in [-0.2, 0) is 4.79 Å². The summed E-state index contributed by atoms with van der Waals surface area (Å²) >= 11 is 0. The molecule has 0 radical (unpaired) electrons. The van der Waals surface area contributed by atoms with Crippen LogP contribution >= 0.6 is 0 Å². The Labute approximate surface area is 103 Å². The first-order valence-electron chi connectivity index (χ1n) is 5.96. The SMILES string of the molecule is CCCC(C)NC(=O)/C=C/c1cccc(N)c1. The van der Waals surface area contributed by atoms with Gasteiger partial charge in [0.25, 0.3) is 0 Å². The van der Waals surface area contributed by atoms with Crippen LogP contribution in [0, 0.1) is 0 Å². The maximum absolute atomic E-state index is 11.6. The average Bonchev–Trinajstić information content (AvgIpc) is 2.27. The van der Waals surface area contributed by atoms with Crippen molar-refractivity contribution in [3.63, 3.8) is 0 Å². The second kappa shape index (κ2) is 6.74. The van der Waals surface area contributed by atoms with Crippen LogP contribution in [0.4, 0.5) is 5.69 Å². The molecule has 3 heteroatoms. The number of nitrogen functional groups attached to an aromatic ring is 1. The highest BCUT2D eigenvalue weighted by molar-refractivity contribution is 5.91. The van der Waals surface area contributed by atoms with Gasteiger partial charge in [-0.3, -0.25) is 4.79 Å². The van der Waals surface area contributed by atoms with E-state index in [4.69, 9.17) is 5.73 Å². The molecule has 0 fully saturated rings. The van der Waals surface area contributed by atoms with Crippen molar-refractivity contribution in [1.82, 2.24) is 5.32 Å². The highest BCUT2D eigenvalue weighted by Gasteiger charge is 2.02. The van der Waals surface area contributed by atoms with Gasteiger partial charge in [0.15, 0.2) is 0 Å². The van der Waals surface area contributed by atoms with Crippen LogP contribution in [-0.4, -0.2) is 11.9 Å². The molecule has 0 saturated heterocycles. The van der Waals surface area contributed by atoms with Crippen LogP contribution in [0.5, 0.6) is 0 Å². The van der Waals surface area contributed by atoms with Gasteiger partial charge in [-0.1, -0.05) is 25.5 Å². The summed E-state index contributed by atoms with van der Waals surface area (Å²) in [5, 5.41) is 2.91. The van der Waals surface area contributed by atoms with Crippen molar-refractivity contribution in [3.8, 4) is 0 Å². The van der Waals surface area contributed by atoms with E-state index in [0.717, 1.165) is 18.4 Å². The van der Waals surface area contributed by atoms with Gasteiger partial charge in [-0.2, -0.15) is 0 Å². The van der Waals surface area contributed by atoms with Crippen LogP contribution in [0.15, 0.2) is 30.3 Å². The number of hydrogen-bond acceptors (Lipinski definition) is 2. The third kappa shape index (κ3) is 5.20. The summed E-state index contributed by atoms with van der Waals surface area (Å²) < 4.78 is 0. The molecule has 0 aliphatic rings. The summed E-state index contributed by atoms with van der Waals surface area (Å²) in [5.74, 6) is -0.0617. The number of carbonyl (C=O) groups excluding carboxylic acids is 1. The van der Waals surface area contributed by atoms with Crippen LogP contribution in [0.1, 0.15) is 32.3 Å². The molecule has 1 atom stereocenters. The van der Waals surface area contributed by atoms with E-state index in [0.29, 0.717) is 5.69 Å². The second-order valence-corrected chi connectivity index (χ2v) is 4.20. The zero-order valence-electron chi connectivity index (χ0n) is 10.4. The molecule has 3 nitrogen and oxygen atoms in total. The van der Waals surface area contributed by atoms with Gasteiger partial charge in [0.1, 0.15) is 0 Å². The summed E-state index contributed by atoms with van der Waals surface area (Å²) in [6.07, 6.45) is 5.38. The van der Waals surface area contributed by atoms with Gasteiger partial charge in [-0.15, -0.1) is 0 Å². The zero-order valence-corrected chi connectivity index (χ0v) is 10.4. The predicted molar refractivity (Wildman–Crippen MR) is 72.4 cm³/mol. The van der Waals surface area contributed by atoms with E-state index in [2.05, 4.69) is 12.2 Å². The molecule has 0 saturated carbocycles. The van der Waals surface area contributed by atoms with Gasteiger partial charge < -0.3 is 11.1 Å². The van der Waals surface area contributed by atoms with Gasteiger partial charge in [-0.25, -0.2) is 0 Å². The molecule has 1 unspecified atom stereocenters. The van der Waals surface area contributed by atoms with E-state index in [1.807, 2.05) is 31.2 Å².